The first-order valence-corrected chi connectivity index (χ1v) is 9.73. The zero-order chi connectivity index (χ0) is 18.1. The first kappa shape index (κ1) is 17.1. The van der Waals surface area contributed by atoms with Crippen LogP contribution in [0.2, 0.25) is 0 Å². The molecule has 1 aliphatic heterocycles. The molecule has 0 bridgehead atoms. The predicted octanol–water partition coefficient (Wildman–Crippen LogP) is 4.17. The van der Waals surface area contributed by atoms with E-state index in [1.807, 2.05) is 38.1 Å². The van der Waals surface area contributed by atoms with Crippen LogP contribution in [0.25, 0.3) is 0 Å². The third-order valence-electron chi connectivity index (χ3n) is 5.70. The molecule has 1 aliphatic carbocycles. The van der Waals surface area contributed by atoms with Crippen molar-refractivity contribution in [1.29, 1.82) is 0 Å². The Kier molecular flexibility index (Phi) is 4.47. The van der Waals surface area contributed by atoms with Crippen molar-refractivity contribution in [1.82, 2.24) is 15.1 Å². The third-order valence-corrected chi connectivity index (χ3v) is 5.70. The molecule has 1 amide bonds. The minimum Gasteiger partial charge on any atom is -0.487 e. The van der Waals surface area contributed by atoms with Crippen molar-refractivity contribution in [2.24, 2.45) is 0 Å². The fraction of sp³-hybridized carbons (Fsp3) is 0.524. The van der Waals surface area contributed by atoms with Crippen molar-refractivity contribution >= 4 is 5.91 Å². The molecule has 1 aromatic heterocycles. The molecule has 2 heterocycles. The summed E-state index contributed by atoms with van der Waals surface area (Å²) in [5.41, 5.74) is 2.45. The first-order chi connectivity index (χ1) is 12.6. The number of aromatic nitrogens is 2. The molecule has 26 heavy (non-hydrogen) atoms. The van der Waals surface area contributed by atoms with Crippen molar-refractivity contribution < 1.29 is 9.53 Å². The van der Waals surface area contributed by atoms with Crippen LogP contribution >= 0.6 is 0 Å². The molecule has 4 rings (SSSR count). The Hall–Kier alpha value is -2.30. The normalized spacial score (nSPS) is 21.1. The van der Waals surface area contributed by atoms with Crippen LogP contribution in [0.3, 0.4) is 0 Å². The number of carbonyl (C=O) groups is 1. The van der Waals surface area contributed by atoms with Crippen LogP contribution in [0.5, 0.6) is 5.75 Å². The number of nitrogens with zero attached hydrogens (tertiary/aromatic N) is 2. The van der Waals surface area contributed by atoms with Crippen molar-refractivity contribution in [2.45, 2.75) is 70.6 Å². The summed E-state index contributed by atoms with van der Waals surface area (Å²) in [4.78, 5) is 13.0. The molecule has 0 saturated heterocycles. The molecule has 5 nitrogen and oxygen atoms in total. The van der Waals surface area contributed by atoms with Crippen LogP contribution in [0, 0.1) is 6.92 Å². The van der Waals surface area contributed by atoms with Crippen molar-refractivity contribution in [3.05, 3.63) is 47.3 Å². The van der Waals surface area contributed by atoms with Gasteiger partial charge in [-0.3, -0.25) is 9.48 Å². The van der Waals surface area contributed by atoms with Gasteiger partial charge in [0.25, 0.3) is 5.91 Å². The number of benzene rings is 1. The molecular formula is C21H27N3O2. The summed E-state index contributed by atoms with van der Waals surface area (Å²) < 4.78 is 8.23. The van der Waals surface area contributed by atoms with Gasteiger partial charge in [0.15, 0.2) is 0 Å². The first-order valence-electron chi connectivity index (χ1n) is 9.73. The van der Waals surface area contributed by atoms with Gasteiger partial charge in [0.1, 0.15) is 17.0 Å². The van der Waals surface area contributed by atoms with E-state index in [0.29, 0.717) is 12.2 Å². The zero-order valence-electron chi connectivity index (χ0n) is 15.6. The fourth-order valence-electron chi connectivity index (χ4n) is 4.45. The van der Waals surface area contributed by atoms with E-state index in [9.17, 15) is 4.79 Å². The van der Waals surface area contributed by atoms with Crippen LogP contribution in [0.15, 0.2) is 30.3 Å². The van der Waals surface area contributed by atoms with Gasteiger partial charge in [0.2, 0.25) is 0 Å². The number of nitrogens with one attached hydrogen (secondary N) is 1. The topological polar surface area (TPSA) is 56.2 Å². The number of rotatable bonds is 3. The smallest absolute Gasteiger partial charge is 0.270 e. The molecule has 0 unspecified atom stereocenters. The highest BCUT2D eigenvalue weighted by Crippen LogP contribution is 2.46. The van der Waals surface area contributed by atoms with E-state index < -0.39 is 0 Å². The Labute approximate surface area is 154 Å². The zero-order valence-corrected chi connectivity index (χ0v) is 15.6. The van der Waals surface area contributed by atoms with E-state index in [-0.39, 0.29) is 17.6 Å². The molecular weight excluding hydrogens is 326 g/mol. The molecule has 5 heteroatoms. The molecule has 138 valence electrons. The number of ether oxygens (including phenoxy) is 1. The highest BCUT2D eigenvalue weighted by molar-refractivity contribution is 5.93. The number of aryl methyl sites for hydroxylation is 2. The van der Waals surface area contributed by atoms with E-state index in [4.69, 9.17) is 4.74 Å². The van der Waals surface area contributed by atoms with Gasteiger partial charge in [0, 0.05) is 18.5 Å². The van der Waals surface area contributed by atoms with Gasteiger partial charge in [-0.05, 0) is 51.7 Å². The molecule has 1 fully saturated rings. The Balaban J connectivity index is 1.62. The summed E-state index contributed by atoms with van der Waals surface area (Å²) in [6.45, 7) is 4.61. The number of hydrogen-bond acceptors (Lipinski definition) is 3. The minimum atomic E-state index is -0.133. The average Bonchev–Trinajstić information content (AvgIpc) is 3.03. The van der Waals surface area contributed by atoms with Crippen LogP contribution < -0.4 is 10.1 Å². The molecule has 2 aliphatic rings. The Morgan fingerprint density at radius 1 is 1.31 bits per heavy atom. The molecule has 1 saturated carbocycles. The number of para-hydroxylation sites is 1. The minimum absolute atomic E-state index is 0.0222. The summed E-state index contributed by atoms with van der Waals surface area (Å²) in [5, 5.41) is 7.67. The Morgan fingerprint density at radius 3 is 2.85 bits per heavy atom. The largest absolute Gasteiger partial charge is 0.487 e. The van der Waals surface area contributed by atoms with Crippen LogP contribution in [0.1, 0.15) is 73.2 Å². The summed E-state index contributed by atoms with van der Waals surface area (Å²) in [5.74, 6) is 0.867. The van der Waals surface area contributed by atoms with E-state index in [2.05, 4.69) is 16.5 Å². The quantitative estimate of drug-likeness (QED) is 0.901. The number of hydrogen-bond donors (Lipinski definition) is 1. The second-order valence-corrected chi connectivity index (χ2v) is 7.60. The lowest BCUT2D eigenvalue weighted by Crippen LogP contribution is -2.46. The van der Waals surface area contributed by atoms with E-state index in [1.54, 1.807) is 4.68 Å². The third kappa shape index (κ3) is 3.11. The van der Waals surface area contributed by atoms with E-state index in [1.165, 1.54) is 19.3 Å². The lowest BCUT2D eigenvalue weighted by atomic mass is 9.77. The van der Waals surface area contributed by atoms with Gasteiger partial charge in [-0.15, -0.1) is 0 Å². The van der Waals surface area contributed by atoms with Gasteiger partial charge in [-0.2, -0.15) is 5.10 Å². The molecule has 2 aromatic rings. The lowest BCUT2D eigenvalue weighted by Gasteiger charge is -2.44. The van der Waals surface area contributed by atoms with E-state index >= 15 is 0 Å². The lowest BCUT2D eigenvalue weighted by molar-refractivity contribution is -0.00214. The van der Waals surface area contributed by atoms with Gasteiger partial charge in [-0.1, -0.05) is 24.6 Å². The average molecular weight is 353 g/mol. The van der Waals surface area contributed by atoms with Crippen LogP contribution in [-0.4, -0.2) is 21.3 Å². The summed E-state index contributed by atoms with van der Waals surface area (Å²) in [6.07, 6.45) is 6.66. The fourth-order valence-corrected chi connectivity index (χ4v) is 4.45. The SMILES string of the molecule is CCn1nc(C)cc1C(=O)N[C@@H]1CC2(CCCCC2)Oc2ccccc21. The molecule has 1 aromatic carbocycles. The number of amides is 1. The van der Waals surface area contributed by atoms with Crippen LogP contribution in [0.4, 0.5) is 0 Å². The van der Waals surface area contributed by atoms with Crippen molar-refractivity contribution in [2.75, 3.05) is 0 Å². The molecule has 1 N–H and O–H groups in total. The number of carbonyl (C=O) groups excluding carboxylic acids is 1. The van der Waals surface area contributed by atoms with Crippen molar-refractivity contribution in [3.8, 4) is 5.75 Å². The van der Waals surface area contributed by atoms with Gasteiger partial charge >= 0.3 is 0 Å². The highest BCUT2D eigenvalue weighted by atomic mass is 16.5. The summed E-state index contributed by atoms with van der Waals surface area (Å²) in [6, 6.07) is 9.96. The Bertz CT molecular complexity index is 805. The van der Waals surface area contributed by atoms with E-state index in [0.717, 1.165) is 36.3 Å². The van der Waals surface area contributed by atoms with Crippen LogP contribution in [-0.2, 0) is 6.54 Å². The second-order valence-electron chi connectivity index (χ2n) is 7.60. The number of fused-ring (bicyclic) bond motifs is 1. The molecule has 1 spiro atoms. The second kappa shape index (κ2) is 6.78. The summed E-state index contributed by atoms with van der Waals surface area (Å²) in [7, 11) is 0. The van der Waals surface area contributed by atoms with Gasteiger partial charge < -0.3 is 10.1 Å². The summed E-state index contributed by atoms with van der Waals surface area (Å²) >= 11 is 0. The molecule has 1 atom stereocenters. The van der Waals surface area contributed by atoms with Gasteiger partial charge in [0.05, 0.1) is 11.7 Å². The predicted molar refractivity (Wildman–Crippen MR) is 100 cm³/mol. The Morgan fingerprint density at radius 2 is 2.08 bits per heavy atom. The monoisotopic (exact) mass is 353 g/mol. The maximum Gasteiger partial charge on any atom is 0.270 e. The van der Waals surface area contributed by atoms with Crippen molar-refractivity contribution in [3.63, 3.8) is 0 Å². The maximum atomic E-state index is 13.0. The molecule has 0 radical (unpaired) electrons. The standard InChI is InChI=1S/C21H27N3O2/c1-3-24-18(13-15(2)23-24)20(25)22-17-14-21(11-7-4-8-12-21)26-19-10-6-5-9-16(17)19/h5-6,9-10,13,17H,3-4,7-8,11-12,14H2,1-2H3,(H,22,25)/t17-/m1/s1. The van der Waals surface area contributed by atoms with Gasteiger partial charge in [-0.25, -0.2) is 0 Å². The maximum absolute atomic E-state index is 13.0. The highest BCUT2D eigenvalue weighted by Gasteiger charge is 2.42.